The van der Waals surface area contributed by atoms with Gasteiger partial charge in [0.2, 0.25) is 0 Å². The van der Waals surface area contributed by atoms with E-state index < -0.39 is 23.6 Å². The molecule has 0 radical (unpaired) electrons. The van der Waals surface area contributed by atoms with Gasteiger partial charge in [0.15, 0.2) is 11.6 Å². The third kappa shape index (κ3) is 2.23. The minimum Gasteiger partial charge on any atom is -0.465 e. The minimum absolute atomic E-state index is 0.0137. The topological polar surface area (TPSA) is 89.9 Å². The molecule has 0 fully saturated rings. The van der Waals surface area contributed by atoms with Gasteiger partial charge in [0.05, 0.1) is 7.11 Å². The smallest absolute Gasteiger partial charge is 0.341 e. The number of carbonyl (C=O) groups is 3. The van der Waals surface area contributed by atoms with Crippen molar-refractivity contribution in [3.63, 3.8) is 0 Å². The molecule has 0 saturated carbocycles. The van der Waals surface area contributed by atoms with Crippen LogP contribution in [-0.4, -0.2) is 36.0 Å². The van der Waals surface area contributed by atoms with Crippen LogP contribution >= 0.6 is 0 Å². The molecule has 0 aromatic rings. The number of ether oxygens (including phenoxy) is 1. The molecule has 1 aliphatic rings. The van der Waals surface area contributed by atoms with Gasteiger partial charge in [0, 0.05) is 11.6 Å². The van der Waals surface area contributed by atoms with Crippen LogP contribution in [0.25, 0.3) is 0 Å². The van der Waals surface area contributed by atoms with Gasteiger partial charge in [-0.2, -0.15) is 0 Å². The lowest BCUT2D eigenvalue weighted by molar-refractivity contribution is -0.263. The Morgan fingerprint density at radius 1 is 1.31 bits per heavy atom. The highest BCUT2D eigenvalue weighted by Gasteiger charge is 2.28. The molecule has 0 aromatic carbocycles. The number of ketones is 2. The Kier molecular flexibility index (Phi) is 3.70. The molecule has 0 aromatic heterocycles. The van der Waals surface area contributed by atoms with Gasteiger partial charge in [0.1, 0.15) is 11.7 Å². The molecule has 1 N–H and O–H groups in total. The zero-order valence-corrected chi connectivity index (χ0v) is 8.72. The molecule has 0 aliphatic heterocycles. The first-order valence-corrected chi connectivity index (χ1v) is 4.41. The van der Waals surface area contributed by atoms with Crippen molar-refractivity contribution in [3.05, 3.63) is 23.3 Å². The van der Waals surface area contributed by atoms with E-state index in [0.717, 1.165) is 19.3 Å². The van der Waals surface area contributed by atoms with E-state index in [1.807, 2.05) is 0 Å². The Labute approximate surface area is 91.1 Å². The second-order valence-corrected chi connectivity index (χ2v) is 3.13. The van der Waals surface area contributed by atoms with Crippen LogP contribution in [0.1, 0.15) is 6.92 Å². The quantitative estimate of drug-likeness (QED) is 0.240. The van der Waals surface area contributed by atoms with Crippen molar-refractivity contribution in [1.82, 2.24) is 0 Å². The van der Waals surface area contributed by atoms with Gasteiger partial charge in [-0.3, -0.25) is 14.8 Å². The highest BCUT2D eigenvalue weighted by Crippen LogP contribution is 2.17. The molecule has 0 bridgehead atoms. The fraction of sp³-hybridized carbons (Fsp3) is 0.300. The Morgan fingerprint density at radius 3 is 2.44 bits per heavy atom. The molecular weight excluding hydrogens is 216 g/mol. The van der Waals surface area contributed by atoms with E-state index in [9.17, 15) is 14.4 Å². The van der Waals surface area contributed by atoms with Gasteiger partial charge in [-0.1, -0.05) is 0 Å². The van der Waals surface area contributed by atoms with Crippen molar-refractivity contribution < 1.29 is 29.3 Å². The standard InChI is InChI=1S/C10H10O6/c1-5(16-14)6-3-9(12)7(4-8(6)11)10(13)15-2/h3-5,14H,1-2H3. The van der Waals surface area contributed by atoms with E-state index in [-0.39, 0.29) is 11.1 Å². The molecular formula is C10H10O6. The highest BCUT2D eigenvalue weighted by molar-refractivity contribution is 6.30. The van der Waals surface area contributed by atoms with Crippen LogP contribution in [0.5, 0.6) is 0 Å². The number of hydrogen-bond acceptors (Lipinski definition) is 6. The summed E-state index contributed by atoms with van der Waals surface area (Å²) in [7, 11) is 1.11. The Morgan fingerprint density at radius 2 is 1.94 bits per heavy atom. The number of esters is 1. The number of allylic oxidation sites excluding steroid dienone is 2. The zero-order chi connectivity index (χ0) is 12.3. The summed E-state index contributed by atoms with van der Waals surface area (Å²) in [5, 5.41) is 8.40. The van der Waals surface area contributed by atoms with Gasteiger partial charge < -0.3 is 4.74 Å². The van der Waals surface area contributed by atoms with Crippen LogP contribution in [0.2, 0.25) is 0 Å². The molecule has 0 spiro atoms. The molecule has 0 saturated heterocycles. The lowest BCUT2D eigenvalue weighted by atomic mass is 9.94. The van der Waals surface area contributed by atoms with Crippen LogP contribution < -0.4 is 0 Å². The summed E-state index contributed by atoms with van der Waals surface area (Å²) in [4.78, 5) is 38.0. The van der Waals surface area contributed by atoms with Gasteiger partial charge in [-0.25, -0.2) is 9.68 Å². The van der Waals surface area contributed by atoms with E-state index in [2.05, 4.69) is 9.62 Å². The number of methoxy groups -OCH3 is 1. The van der Waals surface area contributed by atoms with E-state index in [0.29, 0.717) is 0 Å². The lowest BCUT2D eigenvalue weighted by Crippen LogP contribution is -2.25. The molecule has 6 nitrogen and oxygen atoms in total. The van der Waals surface area contributed by atoms with Crippen LogP contribution in [0.3, 0.4) is 0 Å². The number of carbonyl (C=O) groups excluding carboxylic acids is 3. The van der Waals surface area contributed by atoms with Crippen molar-refractivity contribution in [1.29, 1.82) is 0 Å². The van der Waals surface area contributed by atoms with Gasteiger partial charge in [-0.15, -0.1) is 0 Å². The summed E-state index contributed by atoms with van der Waals surface area (Å²) in [6.07, 6.45) is 0.904. The summed E-state index contributed by atoms with van der Waals surface area (Å²) in [6, 6.07) is 0. The van der Waals surface area contributed by atoms with Crippen LogP contribution in [-0.2, 0) is 24.0 Å². The van der Waals surface area contributed by atoms with E-state index in [1.54, 1.807) is 0 Å². The largest absolute Gasteiger partial charge is 0.465 e. The third-order valence-corrected chi connectivity index (χ3v) is 2.11. The van der Waals surface area contributed by atoms with Crippen molar-refractivity contribution in [3.8, 4) is 0 Å². The summed E-state index contributed by atoms with van der Waals surface area (Å²) in [6.45, 7) is 1.40. The average Bonchev–Trinajstić information content (AvgIpc) is 2.29. The van der Waals surface area contributed by atoms with Crippen LogP contribution in [0, 0.1) is 0 Å². The van der Waals surface area contributed by atoms with Crippen LogP contribution in [0.15, 0.2) is 23.3 Å². The Balaban J connectivity index is 3.01. The predicted molar refractivity (Wildman–Crippen MR) is 51.4 cm³/mol. The van der Waals surface area contributed by atoms with Crippen molar-refractivity contribution in [2.45, 2.75) is 13.0 Å². The molecule has 86 valence electrons. The first-order chi connectivity index (χ1) is 7.51. The Hall–Kier alpha value is -1.79. The second kappa shape index (κ2) is 4.82. The normalized spacial score (nSPS) is 17.7. The molecule has 1 unspecified atom stereocenters. The maximum Gasteiger partial charge on any atom is 0.341 e. The molecule has 0 heterocycles. The summed E-state index contributed by atoms with van der Waals surface area (Å²) >= 11 is 0. The highest BCUT2D eigenvalue weighted by atomic mass is 17.1. The van der Waals surface area contributed by atoms with Crippen molar-refractivity contribution in [2.24, 2.45) is 0 Å². The number of rotatable bonds is 3. The Bertz CT molecular complexity index is 404. The predicted octanol–water partition coefficient (Wildman–Crippen LogP) is 0.0421. The lowest BCUT2D eigenvalue weighted by Gasteiger charge is -2.14. The maximum atomic E-state index is 11.5. The molecule has 1 rings (SSSR count). The summed E-state index contributed by atoms with van der Waals surface area (Å²) in [5.41, 5.74) is -0.346. The monoisotopic (exact) mass is 226 g/mol. The fourth-order valence-corrected chi connectivity index (χ4v) is 1.22. The zero-order valence-electron chi connectivity index (χ0n) is 8.72. The maximum absolute atomic E-state index is 11.5. The fourth-order valence-electron chi connectivity index (χ4n) is 1.22. The van der Waals surface area contributed by atoms with E-state index in [1.165, 1.54) is 6.92 Å². The second-order valence-electron chi connectivity index (χ2n) is 3.13. The minimum atomic E-state index is -0.924. The van der Waals surface area contributed by atoms with Crippen molar-refractivity contribution >= 4 is 17.5 Å². The summed E-state index contributed by atoms with van der Waals surface area (Å²) < 4.78 is 4.34. The molecule has 16 heavy (non-hydrogen) atoms. The van der Waals surface area contributed by atoms with Gasteiger partial charge >= 0.3 is 5.97 Å². The third-order valence-electron chi connectivity index (χ3n) is 2.11. The van der Waals surface area contributed by atoms with Crippen molar-refractivity contribution in [2.75, 3.05) is 7.11 Å². The molecule has 1 aliphatic carbocycles. The first kappa shape index (κ1) is 12.3. The summed E-state index contributed by atoms with van der Waals surface area (Å²) in [5.74, 6) is -2.09. The van der Waals surface area contributed by atoms with E-state index >= 15 is 0 Å². The SMILES string of the molecule is COC(=O)C1=CC(=O)C(C(C)OO)=CC1=O. The van der Waals surface area contributed by atoms with Crippen LogP contribution in [0.4, 0.5) is 0 Å². The molecule has 0 amide bonds. The van der Waals surface area contributed by atoms with E-state index in [4.69, 9.17) is 5.26 Å². The first-order valence-electron chi connectivity index (χ1n) is 4.41. The van der Waals surface area contributed by atoms with Gasteiger partial charge in [0.25, 0.3) is 0 Å². The molecule has 6 heteroatoms. The molecule has 1 atom stereocenters. The number of hydrogen-bond donors (Lipinski definition) is 1. The van der Waals surface area contributed by atoms with Gasteiger partial charge in [-0.05, 0) is 13.0 Å². The average molecular weight is 226 g/mol.